The molecule has 1 aliphatic rings. The fourth-order valence-corrected chi connectivity index (χ4v) is 3.63. The first kappa shape index (κ1) is 24.6. The van der Waals surface area contributed by atoms with Gasteiger partial charge in [0.2, 0.25) is 11.2 Å². The third-order valence-corrected chi connectivity index (χ3v) is 5.32. The van der Waals surface area contributed by atoms with Gasteiger partial charge in [-0.1, -0.05) is 0 Å². The summed E-state index contributed by atoms with van der Waals surface area (Å²) in [5.74, 6) is -2.90. The topological polar surface area (TPSA) is 87.4 Å². The number of nitrogens with zero attached hydrogens (tertiary/aromatic N) is 1. The van der Waals surface area contributed by atoms with Crippen LogP contribution in [-0.2, 0) is 22.2 Å². The molecular formula is C24H22F3NO7. The number of hydrogen-bond acceptors (Lipinski definition) is 8. The van der Waals surface area contributed by atoms with Crippen LogP contribution in [-0.4, -0.2) is 44.5 Å². The Labute approximate surface area is 197 Å². The van der Waals surface area contributed by atoms with Gasteiger partial charge in [0.1, 0.15) is 23.8 Å². The number of ether oxygens (including phenoxy) is 4. The van der Waals surface area contributed by atoms with Crippen LogP contribution in [0.4, 0.5) is 13.2 Å². The molecule has 186 valence electrons. The fraction of sp³-hybridized carbons (Fsp3) is 0.333. The van der Waals surface area contributed by atoms with E-state index in [-0.39, 0.29) is 42.2 Å². The Morgan fingerprint density at radius 1 is 1.14 bits per heavy atom. The average Bonchev–Trinajstić information content (AvgIpc) is 2.83. The number of hydrogen-bond donors (Lipinski definition) is 0. The zero-order chi connectivity index (χ0) is 25.2. The minimum Gasteiger partial charge on any atom is -0.478 e. The number of carbonyl (C=O) groups excluding carboxylic acids is 1. The lowest BCUT2D eigenvalue weighted by Crippen LogP contribution is -2.34. The highest BCUT2D eigenvalue weighted by atomic mass is 19.4. The van der Waals surface area contributed by atoms with Crippen LogP contribution in [0.1, 0.15) is 28.6 Å². The summed E-state index contributed by atoms with van der Waals surface area (Å²) in [5.41, 5.74) is -0.681. The largest absolute Gasteiger partial charge is 0.478 e. The Kier molecular flexibility index (Phi) is 6.99. The summed E-state index contributed by atoms with van der Waals surface area (Å²) >= 11 is 0. The number of benzene rings is 2. The Morgan fingerprint density at radius 3 is 2.54 bits per heavy atom. The van der Waals surface area contributed by atoms with Crippen LogP contribution in [0.25, 0.3) is 11.0 Å². The smallest absolute Gasteiger partial charge is 0.453 e. The van der Waals surface area contributed by atoms with Crippen molar-refractivity contribution in [2.75, 3.05) is 33.6 Å². The summed E-state index contributed by atoms with van der Waals surface area (Å²) in [5, 5.41) is -0.0768. The first-order valence-electron chi connectivity index (χ1n) is 10.7. The third-order valence-electron chi connectivity index (χ3n) is 5.32. The highest BCUT2D eigenvalue weighted by molar-refractivity contribution is 5.89. The molecular weight excluding hydrogens is 471 g/mol. The minimum absolute atomic E-state index is 0.0768. The van der Waals surface area contributed by atoms with E-state index in [0.717, 1.165) is 0 Å². The summed E-state index contributed by atoms with van der Waals surface area (Å²) in [6, 6.07) is 8.06. The van der Waals surface area contributed by atoms with Crippen molar-refractivity contribution in [3.8, 4) is 17.2 Å². The normalized spacial score (nSPS) is 13.9. The molecule has 4 rings (SSSR count). The number of methoxy groups -OCH3 is 1. The van der Waals surface area contributed by atoms with Crippen molar-refractivity contribution < 1.29 is 41.3 Å². The van der Waals surface area contributed by atoms with E-state index >= 15 is 0 Å². The molecule has 0 aliphatic carbocycles. The summed E-state index contributed by atoms with van der Waals surface area (Å²) in [4.78, 5) is 26.8. The molecule has 3 aromatic rings. The number of alkyl halides is 3. The van der Waals surface area contributed by atoms with E-state index in [1.807, 2.05) is 4.90 Å². The number of fused-ring (bicyclic) bond motifs is 3. The van der Waals surface area contributed by atoms with Gasteiger partial charge in [-0.25, -0.2) is 4.79 Å². The van der Waals surface area contributed by atoms with Crippen molar-refractivity contribution in [2.24, 2.45) is 0 Å². The van der Waals surface area contributed by atoms with Crippen LogP contribution in [0.5, 0.6) is 17.2 Å². The first-order valence-corrected chi connectivity index (χ1v) is 10.7. The van der Waals surface area contributed by atoms with Gasteiger partial charge in [0.15, 0.2) is 0 Å². The second-order valence-corrected chi connectivity index (χ2v) is 7.67. The predicted molar refractivity (Wildman–Crippen MR) is 118 cm³/mol. The van der Waals surface area contributed by atoms with E-state index in [9.17, 15) is 22.8 Å². The van der Waals surface area contributed by atoms with Gasteiger partial charge >= 0.3 is 12.1 Å². The Bertz CT molecular complexity index is 1290. The van der Waals surface area contributed by atoms with E-state index in [0.29, 0.717) is 24.5 Å². The van der Waals surface area contributed by atoms with Gasteiger partial charge in [-0.3, -0.25) is 9.69 Å². The van der Waals surface area contributed by atoms with Gasteiger partial charge in [0.05, 0.1) is 29.7 Å². The fourth-order valence-electron chi connectivity index (χ4n) is 3.63. The molecule has 2 heterocycles. The van der Waals surface area contributed by atoms with Crippen LogP contribution < -0.4 is 14.9 Å². The molecule has 1 aromatic heterocycles. The maximum atomic E-state index is 14.0. The maximum absolute atomic E-state index is 14.0. The van der Waals surface area contributed by atoms with Gasteiger partial charge in [-0.05, 0) is 43.3 Å². The maximum Gasteiger partial charge on any atom is 0.453 e. The average molecular weight is 493 g/mol. The predicted octanol–water partition coefficient (Wildman–Crippen LogP) is 4.58. The Morgan fingerprint density at radius 2 is 1.89 bits per heavy atom. The molecule has 0 fully saturated rings. The lowest BCUT2D eigenvalue weighted by atomic mass is 10.1. The number of rotatable bonds is 7. The van der Waals surface area contributed by atoms with Crippen molar-refractivity contribution in [3.05, 3.63) is 63.5 Å². The van der Waals surface area contributed by atoms with E-state index in [1.165, 1.54) is 43.5 Å². The second kappa shape index (κ2) is 9.96. The highest BCUT2D eigenvalue weighted by Gasteiger charge is 2.41. The van der Waals surface area contributed by atoms with Gasteiger partial charge in [0.25, 0.3) is 5.76 Å². The molecule has 0 unspecified atom stereocenters. The van der Waals surface area contributed by atoms with Crippen LogP contribution in [0, 0.1) is 0 Å². The summed E-state index contributed by atoms with van der Waals surface area (Å²) < 4.78 is 68.1. The Hall–Kier alpha value is -3.57. The van der Waals surface area contributed by atoms with Crippen molar-refractivity contribution in [3.63, 3.8) is 0 Å². The lowest BCUT2D eigenvalue weighted by Gasteiger charge is -2.29. The molecule has 35 heavy (non-hydrogen) atoms. The molecule has 0 radical (unpaired) electrons. The number of halogens is 3. The van der Waals surface area contributed by atoms with Gasteiger partial charge in [0, 0.05) is 20.2 Å². The van der Waals surface area contributed by atoms with E-state index in [1.54, 1.807) is 6.92 Å². The summed E-state index contributed by atoms with van der Waals surface area (Å²) in [7, 11) is 1.54. The van der Waals surface area contributed by atoms with Crippen molar-refractivity contribution in [1.82, 2.24) is 4.90 Å². The molecule has 0 atom stereocenters. The number of carbonyl (C=O) groups is 1. The monoisotopic (exact) mass is 493 g/mol. The van der Waals surface area contributed by atoms with Gasteiger partial charge in [-0.2, -0.15) is 13.2 Å². The summed E-state index contributed by atoms with van der Waals surface area (Å²) in [6.07, 6.45) is -5.01. The van der Waals surface area contributed by atoms with Crippen molar-refractivity contribution in [2.45, 2.75) is 19.6 Å². The van der Waals surface area contributed by atoms with Gasteiger partial charge in [-0.15, -0.1) is 0 Å². The number of esters is 1. The molecule has 0 saturated heterocycles. The molecule has 0 spiro atoms. The molecule has 11 heteroatoms. The van der Waals surface area contributed by atoms with Crippen LogP contribution in [0.3, 0.4) is 0 Å². The van der Waals surface area contributed by atoms with E-state index in [2.05, 4.69) is 0 Å². The van der Waals surface area contributed by atoms with Crippen LogP contribution >= 0.6 is 0 Å². The molecule has 1 aliphatic heterocycles. The molecule has 0 bridgehead atoms. The van der Waals surface area contributed by atoms with Crippen molar-refractivity contribution in [1.29, 1.82) is 0 Å². The zero-order valence-electron chi connectivity index (χ0n) is 18.9. The molecule has 2 aromatic carbocycles. The first-order chi connectivity index (χ1) is 16.7. The van der Waals surface area contributed by atoms with E-state index < -0.39 is 29.1 Å². The molecule has 0 saturated carbocycles. The highest BCUT2D eigenvalue weighted by Crippen LogP contribution is 2.40. The molecule has 8 nitrogen and oxygen atoms in total. The van der Waals surface area contributed by atoms with Crippen LogP contribution in [0.15, 0.2) is 45.6 Å². The second-order valence-electron chi connectivity index (χ2n) is 7.67. The minimum atomic E-state index is -5.01. The third kappa shape index (κ3) is 5.10. The molecule has 0 amide bonds. The Balaban J connectivity index is 1.76. The van der Waals surface area contributed by atoms with E-state index in [4.69, 9.17) is 23.4 Å². The SMILES string of the molecule is CCOC(=O)c1ccc(Oc2c(C(F)(F)F)oc3c4c(ccc3c2=O)OCN(CCOC)C4)cc1. The molecule has 0 N–H and O–H groups in total. The van der Waals surface area contributed by atoms with Crippen molar-refractivity contribution >= 4 is 16.9 Å². The summed E-state index contributed by atoms with van der Waals surface area (Å²) in [6.45, 7) is 3.13. The van der Waals surface area contributed by atoms with Gasteiger partial charge < -0.3 is 23.4 Å². The quantitative estimate of drug-likeness (QED) is 0.442. The zero-order valence-corrected chi connectivity index (χ0v) is 18.9. The lowest BCUT2D eigenvalue weighted by molar-refractivity contribution is -0.154. The van der Waals surface area contributed by atoms with Crippen LogP contribution in [0.2, 0.25) is 0 Å². The standard InChI is InChI=1S/C24H22F3NO7/c1-3-32-23(30)14-4-6-15(7-5-14)34-21-19(29)16-8-9-18-17(12-28(13-33-18)10-11-31-2)20(16)35-22(21)24(25,26)27/h4-9H,3,10-13H2,1-2H3.